The first-order chi connectivity index (χ1) is 12.7. The Morgan fingerprint density at radius 2 is 2.04 bits per heavy atom. The van der Waals surface area contributed by atoms with Crippen molar-refractivity contribution >= 4 is 16.9 Å². The standard InChI is InChI=1S/C20H20N4O2/c25-19(24-13-5-9-18(24)16-8-3-4-12-21-16)11-10-17-20(26)23-15-7-2-1-6-14(15)22-17/h1-4,6-8,12,18H,5,9-11,13H2,(H,23,26)/t18-/m1/s1. The number of hydrogen-bond acceptors (Lipinski definition) is 4. The Balaban J connectivity index is 1.48. The lowest BCUT2D eigenvalue weighted by Crippen LogP contribution is -2.31. The maximum atomic E-state index is 12.7. The van der Waals surface area contributed by atoms with Gasteiger partial charge in [0.05, 0.1) is 22.8 Å². The molecule has 4 rings (SSSR count). The number of para-hydroxylation sites is 2. The Morgan fingerprint density at radius 3 is 2.88 bits per heavy atom. The number of carbonyl (C=O) groups excluding carboxylic acids is 1. The van der Waals surface area contributed by atoms with E-state index in [0.29, 0.717) is 17.6 Å². The molecule has 1 fully saturated rings. The van der Waals surface area contributed by atoms with Crippen LogP contribution in [0.5, 0.6) is 0 Å². The van der Waals surface area contributed by atoms with E-state index in [1.807, 2.05) is 47.4 Å². The van der Waals surface area contributed by atoms with Gasteiger partial charge in [0.15, 0.2) is 0 Å². The molecule has 3 heterocycles. The van der Waals surface area contributed by atoms with Gasteiger partial charge >= 0.3 is 0 Å². The Kier molecular flexibility index (Phi) is 4.48. The number of benzene rings is 1. The minimum atomic E-state index is -0.223. The van der Waals surface area contributed by atoms with E-state index < -0.39 is 0 Å². The van der Waals surface area contributed by atoms with Gasteiger partial charge in [0.25, 0.3) is 5.56 Å². The molecule has 1 saturated heterocycles. The van der Waals surface area contributed by atoms with Crippen molar-refractivity contribution in [1.29, 1.82) is 0 Å². The third-order valence-corrected chi connectivity index (χ3v) is 4.85. The molecule has 0 radical (unpaired) electrons. The summed E-state index contributed by atoms with van der Waals surface area (Å²) in [6.45, 7) is 0.738. The minimum absolute atomic E-state index is 0.0338. The van der Waals surface area contributed by atoms with Crippen molar-refractivity contribution in [3.05, 3.63) is 70.4 Å². The highest BCUT2D eigenvalue weighted by Gasteiger charge is 2.30. The van der Waals surface area contributed by atoms with Crippen molar-refractivity contribution in [2.24, 2.45) is 0 Å². The molecule has 132 valence electrons. The normalized spacial score (nSPS) is 16.9. The highest BCUT2D eigenvalue weighted by Crippen LogP contribution is 2.31. The van der Waals surface area contributed by atoms with Crippen LogP contribution in [-0.4, -0.2) is 32.3 Å². The molecule has 1 N–H and O–H groups in total. The van der Waals surface area contributed by atoms with E-state index in [4.69, 9.17) is 0 Å². The van der Waals surface area contributed by atoms with Gasteiger partial charge in [0.1, 0.15) is 5.69 Å². The number of rotatable bonds is 4. The first-order valence-corrected chi connectivity index (χ1v) is 8.91. The summed E-state index contributed by atoms with van der Waals surface area (Å²) in [5.74, 6) is 0.0486. The summed E-state index contributed by atoms with van der Waals surface area (Å²) in [6.07, 6.45) is 4.27. The summed E-state index contributed by atoms with van der Waals surface area (Å²) in [5.41, 5.74) is 2.56. The van der Waals surface area contributed by atoms with Gasteiger partial charge in [-0.2, -0.15) is 0 Å². The summed E-state index contributed by atoms with van der Waals surface area (Å²) in [6, 6.07) is 13.2. The van der Waals surface area contributed by atoms with Crippen molar-refractivity contribution < 1.29 is 4.79 Å². The van der Waals surface area contributed by atoms with Gasteiger partial charge in [-0.15, -0.1) is 0 Å². The lowest BCUT2D eigenvalue weighted by molar-refractivity contribution is -0.132. The van der Waals surface area contributed by atoms with Gasteiger partial charge in [-0.05, 0) is 37.1 Å². The summed E-state index contributed by atoms with van der Waals surface area (Å²) < 4.78 is 0. The molecule has 1 aromatic carbocycles. The quantitative estimate of drug-likeness (QED) is 0.786. The number of amides is 1. The summed E-state index contributed by atoms with van der Waals surface area (Å²) >= 11 is 0. The van der Waals surface area contributed by atoms with Gasteiger partial charge in [-0.1, -0.05) is 18.2 Å². The van der Waals surface area contributed by atoms with Gasteiger partial charge in [-0.3, -0.25) is 14.6 Å². The zero-order valence-corrected chi connectivity index (χ0v) is 14.4. The maximum absolute atomic E-state index is 12.7. The number of aryl methyl sites for hydroxylation is 1. The number of nitrogens with one attached hydrogen (secondary N) is 1. The second-order valence-corrected chi connectivity index (χ2v) is 6.53. The zero-order chi connectivity index (χ0) is 17.9. The van der Waals surface area contributed by atoms with E-state index in [0.717, 1.165) is 30.6 Å². The van der Waals surface area contributed by atoms with E-state index in [-0.39, 0.29) is 23.9 Å². The van der Waals surface area contributed by atoms with Crippen molar-refractivity contribution in [2.45, 2.75) is 31.7 Å². The molecule has 6 heteroatoms. The fourth-order valence-corrected chi connectivity index (χ4v) is 3.55. The molecular weight excluding hydrogens is 328 g/mol. The van der Waals surface area contributed by atoms with Crippen molar-refractivity contribution in [2.75, 3.05) is 6.54 Å². The number of fused-ring (bicyclic) bond motifs is 1. The summed E-state index contributed by atoms with van der Waals surface area (Å²) in [5, 5.41) is 0. The molecule has 6 nitrogen and oxygen atoms in total. The van der Waals surface area contributed by atoms with Crippen molar-refractivity contribution in [3.8, 4) is 0 Å². The maximum Gasteiger partial charge on any atom is 0.270 e. The van der Waals surface area contributed by atoms with E-state index >= 15 is 0 Å². The van der Waals surface area contributed by atoms with Crippen LogP contribution in [0, 0.1) is 0 Å². The second-order valence-electron chi connectivity index (χ2n) is 6.53. The van der Waals surface area contributed by atoms with E-state index in [1.165, 1.54) is 0 Å². The monoisotopic (exact) mass is 348 g/mol. The fraction of sp³-hybridized carbons (Fsp3) is 0.300. The molecule has 1 amide bonds. The Labute approximate surface area is 150 Å². The predicted octanol–water partition coefficient (Wildman–Crippen LogP) is 2.61. The SMILES string of the molecule is O=C(CCc1nc2ccccc2[nH]c1=O)N1CCC[C@@H]1c1ccccn1. The van der Waals surface area contributed by atoms with E-state index in [1.54, 1.807) is 6.20 Å². The average Bonchev–Trinajstić information content (AvgIpc) is 3.17. The third kappa shape index (κ3) is 3.22. The number of pyridine rings is 1. The number of aromatic amines is 1. The Hall–Kier alpha value is -3.02. The number of likely N-dealkylation sites (tertiary alicyclic amines) is 1. The first-order valence-electron chi connectivity index (χ1n) is 8.91. The van der Waals surface area contributed by atoms with Crippen LogP contribution in [0.2, 0.25) is 0 Å². The van der Waals surface area contributed by atoms with Crippen LogP contribution in [0.3, 0.4) is 0 Å². The van der Waals surface area contributed by atoms with E-state index in [2.05, 4.69) is 15.0 Å². The lowest BCUT2D eigenvalue weighted by Gasteiger charge is -2.24. The highest BCUT2D eigenvalue weighted by molar-refractivity contribution is 5.77. The molecule has 1 aliphatic rings. The number of H-pyrrole nitrogens is 1. The van der Waals surface area contributed by atoms with Crippen LogP contribution in [0.25, 0.3) is 11.0 Å². The van der Waals surface area contributed by atoms with Crippen LogP contribution in [0.1, 0.15) is 36.7 Å². The lowest BCUT2D eigenvalue weighted by atomic mass is 10.1. The van der Waals surface area contributed by atoms with Crippen LogP contribution < -0.4 is 5.56 Å². The smallest absolute Gasteiger partial charge is 0.270 e. The molecular formula is C20H20N4O2. The number of hydrogen-bond donors (Lipinski definition) is 1. The van der Waals surface area contributed by atoms with Gasteiger partial charge in [-0.25, -0.2) is 4.98 Å². The molecule has 3 aromatic rings. The molecule has 0 unspecified atom stereocenters. The van der Waals surface area contributed by atoms with Crippen LogP contribution in [-0.2, 0) is 11.2 Å². The summed E-state index contributed by atoms with van der Waals surface area (Å²) in [7, 11) is 0. The minimum Gasteiger partial charge on any atom is -0.334 e. The molecule has 1 atom stereocenters. The Bertz CT molecular complexity index is 984. The number of nitrogens with zero attached hydrogens (tertiary/aromatic N) is 3. The van der Waals surface area contributed by atoms with Gasteiger partial charge in [0.2, 0.25) is 5.91 Å². The largest absolute Gasteiger partial charge is 0.334 e. The van der Waals surface area contributed by atoms with Gasteiger partial charge < -0.3 is 9.88 Å². The molecule has 0 saturated carbocycles. The van der Waals surface area contributed by atoms with Crippen molar-refractivity contribution in [3.63, 3.8) is 0 Å². The highest BCUT2D eigenvalue weighted by atomic mass is 16.2. The van der Waals surface area contributed by atoms with Crippen molar-refractivity contribution in [1.82, 2.24) is 19.9 Å². The second kappa shape index (κ2) is 7.07. The van der Waals surface area contributed by atoms with Gasteiger partial charge in [0, 0.05) is 25.6 Å². The summed E-state index contributed by atoms with van der Waals surface area (Å²) in [4.78, 5) is 38.5. The zero-order valence-electron chi connectivity index (χ0n) is 14.4. The van der Waals surface area contributed by atoms with E-state index in [9.17, 15) is 9.59 Å². The van der Waals surface area contributed by atoms with Crippen LogP contribution >= 0.6 is 0 Å². The molecule has 1 aliphatic heterocycles. The number of aromatic nitrogens is 3. The van der Waals surface area contributed by atoms with Crippen LogP contribution in [0.15, 0.2) is 53.5 Å². The first kappa shape index (κ1) is 16.4. The fourth-order valence-electron chi connectivity index (χ4n) is 3.55. The molecule has 26 heavy (non-hydrogen) atoms. The molecule has 0 aliphatic carbocycles. The topological polar surface area (TPSA) is 79.0 Å². The molecule has 0 spiro atoms. The average molecular weight is 348 g/mol. The third-order valence-electron chi connectivity index (χ3n) is 4.85. The van der Waals surface area contributed by atoms with Crippen LogP contribution in [0.4, 0.5) is 0 Å². The molecule has 2 aromatic heterocycles. The predicted molar refractivity (Wildman–Crippen MR) is 98.6 cm³/mol. The Morgan fingerprint density at radius 1 is 1.19 bits per heavy atom. The number of carbonyl (C=O) groups is 1. The molecule has 0 bridgehead atoms.